The van der Waals surface area contributed by atoms with Crippen LogP contribution in [0.1, 0.15) is 76.0 Å². The maximum absolute atomic E-state index is 13.4. The zero-order chi connectivity index (χ0) is 23.1. The Hall–Kier alpha value is -2.43. The summed E-state index contributed by atoms with van der Waals surface area (Å²) < 4.78 is 26.8. The topological polar surface area (TPSA) is 41.1 Å². The molecule has 1 fully saturated rings. The Morgan fingerprint density at radius 1 is 1.09 bits per heavy atom. The first kappa shape index (κ1) is 22.8. The molecule has 0 saturated heterocycles. The second kappa shape index (κ2) is 8.49. The minimum Gasteiger partial charge on any atom is -0.337 e. The zero-order valence-corrected chi connectivity index (χ0v) is 19.5. The molecule has 3 nitrogen and oxygen atoms in total. The van der Waals surface area contributed by atoms with Gasteiger partial charge in [0.15, 0.2) is 0 Å². The molecule has 0 unspecified atom stereocenters. The third-order valence-electron chi connectivity index (χ3n) is 7.94. The summed E-state index contributed by atoms with van der Waals surface area (Å²) in [7, 11) is 0. The van der Waals surface area contributed by atoms with Gasteiger partial charge in [0.25, 0.3) is 0 Å². The maximum atomic E-state index is 13.4. The van der Waals surface area contributed by atoms with Crippen LogP contribution in [0.3, 0.4) is 0 Å². The van der Waals surface area contributed by atoms with E-state index in [2.05, 4.69) is 56.5 Å². The van der Waals surface area contributed by atoms with E-state index in [1.165, 1.54) is 16.7 Å². The number of urea groups is 1. The lowest BCUT2D eigenvalue weighted by Gasteiger charge is -2.55. The number of benzene rings is 2. The molecular formula is C27H34F2N2O. The van der Waals surface area contributed by atoms with Gasteiger partial charge in [0.2, 0.25) is 0 Å². The van der Waals surface area contributed by atoms with Crippen molar-refractivity contribution >= 4 is 11.7 Å². The van der Waals surface area contributed by atoms with Gasteiger partial charge in [-0.3, -0.25) is 0 Å². The summed E-state index contributed by atoms with van der Waals surface area (Å²) in [6, 6.07) is 9.63. The second-order valence-corrected chi connectivity index (χ2v) is 10.6. The lowest BCUT2D eigenvalue weighted by Crippen LogP contribution is -2.53. The van der Waals surface area contributed by atoms with Crippen molar-refractivity contribution in [2.45, 2.75) is 71.1 Å². The fraction of sp³-hybridized carbons (Fsp3) is 0.519. The molecule has 2 aliphatic carbocycles. The van der Waals surface area contributed by atoms with E-state index >= 15 is 0 Å². The minimum absolute atomic E-state index is 0.0358. The van der Waals surface area contributed by atoms with Crippen LogP contribution < -0.4 is 10.6 Å². The number of halogens is 2. The van der Waals surface area contributed by atoms with Crippen LogP contribution in [0, 0.1) is 23.0 Å². The highest BCUT2D eigenvalue weighted by molar-refractivity contribution is 5.89. The van der Waals surface area contributed by atoms with Crippen molar-refractivity contribution in [1.29, 1.82) is 0 Å². The number of amides is 2. The molecule has 0 radical (unpaired) electrons. The molecule has 0 spiro atoms. The first-order valence-electron chi connectivity index (χ1n) is 11.7. The van der Waals surface area contributed by atoms with Crippen LogP contribution in [-0.4, -0.2) is 12.6 Å². The lowest BCUT2D eigenvalue weighted by molar-refractivity contribution is 0.0281. The monoisotopic (exact) mass is 440 g/mol. The SMILES string of the molecule is CC(C)c1ccc2c(c1)CC[C@H]1[C@](C)(CNC(=O)Nc3cc(F)cc(F)c3)CCC[C@]21C. The molecule has 2 aromatic rings. The van der Waals surface area contributed by atoms with E-state index in [4.69, 9.17) is 0 Å². The number of hydrogen-bond donors (Lipinski definition) is 2. The molecule has 2 aromatic carbocycles. The smallest absolute Gasteiger partial charge is 0.319 e. The first-order valence-corrected chi connectivity index (χ1v) is 11.7. The fourth-order valence-corrected chi connectivity index (χ4v) is 6.30. The van der Waals surface area contributed by atoms with Crippen molar-refractivity contribution in [2.75, 3.05) is 11.9 Å². The Morgan fingerprint density at radius 2 is 1.81 bits per heavy atom. The molecule has 0 aliphatic heterocycles. The highest BCUT2D eigenvalue weighted by Gasteiger charge is 2.51. The second-order valence-electron chi connectivity index (χ2n) is 10.6. The molecule has 5 heteroatoms. The third-order valence-corrected chi connectivity index (χ3v) is 7.94. The van der Waals surface area contributed by atoms with Crippen LogP contribution in [0.2, 0.25) is 0 Å². The standard InChI is InChI=1S/C27H34F2N2O/c1-17(2)18-6-8-23-19(12-18)7-9-24-26(3,10-5-11-27(23,24)4)16-30-25(32)31-22-14-20(28)13-21(29)15-22/h6,8,12-15,17,24H,5,7,9-11,16H2,1-4H3,(H2,30,31,32)/t24-,26-,27+/m0/s1. The first-order chi connectivity index (χ1) is 15.1. The van der Waals surface area contributed by atoms with Crippen LogP contribution in [-0.2, 0) is 11.8 Å². The molecule has 4 rings (SSSR count). The summed E-state index contributed by atoms with van der Waals surface area (Å²) in [6.07, 6.45) is 5.52. The molecule has 3 atom stereocenters. The summed E-state index contributed by atoms with van der Waals surface area (Å²) >= 11 is 0. The van der Waals surface area contributed by atoms with Crippen LogP contribution in [0.25, 0.3) is 0 Å². The van der Waals surface area contributed by atoms with E-state index in [9.17, 15) is 13.6 Å². The third kappa shape index (κ3) is 4.26. The average Bonchev–Trinajstić information content (AvgIpc) is 2.71. The number of nitrogens with one attached hydrogen (secondary N) is 2. The molecule has 2 amide bonds. The number of rotatable bonds is 4. The summed E-state index contributed by atoms with van der Waals surface area (Å²) in [5.74, 6) is -0.432. The van der Waals surface area contributed by atoms with Gasteiger partial charge in [-0.1, -0.05) is 52.3 Å². The Labute approximate surface area is 190 Å². The molecule has 172 valence electrons. The quantitative estimate of drug-likeness (QED) is 0.532. The molecule has 0 bridgehead atoms. The van der Waals surface area contributed by atoms with Crippen molar-refractivity contribution in [3.63, 3.8) is 0 Å². The normalized spacial score (nSPS) is 26.9. The number of anilines is 1. The maximum Gasteiger partial charge on any atom is 0.319 e. The molecule has 2 aliphatic rings. The van der Waals surface area contributed by atoms with Crippen LogP contribution in [0.15, 0.2) is 36.4 Å². The number of aryl methyl sites for hydroxylation is 1. The average molecular weight is 441 g/mol. The van der Waals surface area contributed by atoms with Gasteiger partial charge >= 0.3 is 6.03 Å². The number of carbonyl (C=O) groups excluding carboxylic acids is 1. The predicted octanol–water partition coefficient (Wildman–Crippen LogP) is 6.92. The van der Waals surface area contributed by atoms with Gasteiger partial charge in [-0.15, -0.1) is 0 Å². The van der Waals surface area contributed by atoms with E-state index < -0.39 is 17.7 Å². The van der Waals surface area contributed by atoms with Crippen LogP contribution in [0.5, 0.6) is 0 Å². The van der Waals surface area contributed by atoms with E-state index in [1.807, 2.05) is 0 Å². The highest BCUT2D eigenvalue weighted by atomic mass is 19.1. The van der Waals surface area contributed by atoms with Gasteiger partial charge < -0.3 is 10.6 Å². The summed E-state index contributed by atoms with van der Waals surface area (Å²) in [5.41, 5.74) is 4.54. The lowest BCUT2D eigenvalue weighted by atomic mass is 9.49. The van der Waals surface area contributed by atoms with Crippen molar-refractivity contribution in [3.05, 3.63) is 64.7 Å². The van der Waals surface area contributed by atoms with E-state index in [1.54, 1.807) is 0 Å². The van der Waals surface area contributed by atoms with Gasteiger partial charge in [0, 0.05) is 18.3 Å². The summed E-state index contributed by atoms with van der Waals surface area (Å²) in [6.45, 7) is 9.70. The van der Waals surface area contributed by atoms with Gasteiger partial charge in [0.05, 0.1) is 0 Å². The van der Waals surface area contributed by atoms with Crippen LogP contribution in [0.4, 0.5) is 19.3 Å². The Balaban J connectivity index is 1.49. The molecular weight excluding hydrogens is 406 g/mol. The van der Waals surface area contributed by atoms with Crippen molar-refractivity contribution in [1.82, 2.24) is 5.32 Å². The summed E-state index contributed by atoms with van der Waals surface area (Å²) in [5, 5.41) is 5.55. The van der Waals surface area contributed by atoms with Crippen molar-refractivity contribution in [2.24, 2.45) is 11.3 Å². The molecule has 32 heavy (non-hydrogen) atoms. The molecule has 0 heterocycles. The minimum atomic E-state index is -0.711. The van der Waals surface area contributed by atoms with E-state index in [0.717, 1.165) is 50.3 Å². The predicted molar refractivity (Wildman–Crippen MR) is 125 cm³/mol. The van der Waals surface area contributed by atoms with E-state index in [-0.39, 0.29) is 16.5 Å². The van der Waals surface area contributed by atoms with Gasteiger partial charge in [0.1, 0.15) is 11.6 Å². The fourth-order valence-electron chi connectivity index (χ4n) is 6.30. The Morgan fingerprint density at radius 3 is 2.50 bits per heavy atom. The molecule has 2 N–H and O–H groups in total. The highest BCUT2D eigenvalue weighted by Crippen LogP contribution is 2.57. The van der Waals surface area contributed by atoms with Crippen molar-refractivity contribution < 1.29 is 13.6 Å². The number of fused-ring (bicyclic) bond motifs is 3. The Kier molecular flexibility index (Phi) is 6.04. The van der Waals surface area contributed by atoms with Gasteiger partial charge in [-0.25, -0.2) is 13.6 Å². The largest absolute Gasteiger partial charge is 0.337 e. The van der Waals surface area contributed by atoms with Gasteiger partial charge in [-0.05, 0) is 77.2 Å². The number of carbonyl (C=O) groups is 1. The summed E-state index contributed by atoms with van der Waals surface area (Å²) in [4.78, 5) is 12.5. The number of hydrogen-bond acceptors (Lipinski definition) is 1. The van der Waals surface area contributed by atoms with E-state index in [0.29, 0.717) is 18.4 Å². The molecule has 0 aromatic heterocycles. The van der Waals surface area contributed by atoms with Crippen LogP contribution >= 0.6 is 0 Å². The zero-order valence-electron chi connectivity index (χ0n) is 19.5. The van der Waals surface area contributed by atoms with Crippen molar-refractivity contribution in [3.8, 4) is 0 Å². The Bertz CT molecular complexity index is 1000. The van der Waals surface area contributed by atoms with Gasteiger partial charge in [-0.2, -0.15) is 0 Å². The molecule has 1 saturated carbocycles.